The number of aryl methyl sites for hydroxylation is 2. The van der Waals surface area contributed by atoms with Crippen LogP contribution < -0.4 is 15.6 Å². The molecule has 0 radical (unpaired) electrons. The van der Waals surface area contributed by atoms with Crippen molar-refractivity contribution in [2.75, 3.05) is 31.6 Å². The molecule has 0 unspecified atom stereocenters. The Morgan fingerprint density at radius 3 is 2.43 bits per heavy atom. The van der Waals surface area contributed by atoms with Crippen molar-refractivity contribution in [2.45, 2.75) is 33.1 Å². The van der Waals surface area contributed by atoms with Crippen molar-refractivity contribution in [3.8, 4) is 11.4 Å². The van der Waals surface area contributed by atoms with Crippen LogP contribution in [0.1, 0.15) is 30.4 Å². The van der Waals surface area contributed by atoms with E-state index in [4.69, 9.17) is 14.7 Å². The number of para-hydroxylation sites is 3. The zero-order valence-electron chi connectivity index (χ0n) is 23.9. The van der Waals surface area contributed by atoms with Crippen molar-refractivity contribution in [1.29, 1.82) is 0 Å². The lowest BCUT2D eigenvalue weighted by Gasteiger charge is -2.26. The third kappa shape index (κ3) is 4.75. The van der Waals surface area contributed by atoms with Crippen molar-refractivity contribution in [3.63, 3.8) is 0 Å². The Balaban J connectivity index is 1.24. The molecule has 1 aliphatic rings. The van der Waals surface area contributed by atoms with Crippen LogP contribution in [0.2, 0.25) is 0 Å². The summed E-state index contributed by atoms with van der Waals surface area (Å²) >= 11 is 0. The van der Waals surface area contributed by atoms with E-state index < -0.39 is 0 Å². The predicted molar refractivity (Wildman–Crippen MR) is 166 cm³/mol. The van der Waals surface area contributed by atoms with Crippen molar-refractivity contribution in [1.82, 2.24) is 28.8 Å². The second-order valence-electron chi connectivity index (χ2n) is 10.9. The van der Waals surface area contributed by atoms with E-state index >= 15 is 0 Å². The zero-order chi connectivity index (χ0) is 28.6. The molecule has 42 heavy (non-hydrogen) atoms. The molecule has 0 amide bonds. The van der Waals surface area contributed by atoms with Gasteiger partial charge in [0, 0.05) is 18.4 Å². The normalized spacial score (nSPS) is 14.1. The molecule has 4 heterocycles. The Labute approximate surface area is 243 Å². The predicted octanol–water partition coefficient (Wildman–Crippen LogP) is 5.81. The Bertz CT molecular complexity index is 1950. The molecular weight excluding hydrogens is 526 g/mol. The topological polar surface area (TPSA) is 89.6 Å². The molecule has 212 valence electrons. The van der Waals surface area contributed by atoms with Gasteiger partial charge < -0.3 is 10.1 Å². The van der Waals surface area contributed by atoms with Crippen LogP contribution in [0.3, 0.4) is 0 Å². The van der Waals surface area contributed by atoms with Gasteiger partial charge in [0.25, 0.3) is 5.56 Å². The number of imidazole rings is 1. The summed E-state index contributed by atoms with van der Waals surface area (Å²) in [7, 11) is 0. The minimum atomic E-state index is -0.206. The number of anilines is 2. The minimum Gasteiger partial charge on any atom is -0.492 e. The highest BCUT2D eigenvalue weighted by molar-refractivity contribution is 5.88. The van der Waals surface area contributed by atoms with Crippen LogP contribution >= 0.6 is 0 Å². The molecule has 1 aliphatic heterocycles. The summed E-state index contributed by atoms with van der Waals surface area (Å²) in [6.07, 6.45) is 5.50. The van der Waals surface area contributed by atoms with Crippen molar-refractivity contribution < 1.29 is 4.74 Å². The molecule has 3 aromatic carbocycles. The fourth-order valence-corrected chi connectivity index (χ4v) is 5.94. The molecule has 9 heteroatoms. The average Bonchev–Trinajstić information content (AvgIpc) is 3.39. The number of ether oxygens (including phenoxy) is 1. The summed E-state index contributed by atoms with van der Waals surface area (Å²) in [6.45, 7) is 7.97. The molecule has 1 fully saturated rings. The van der Waals surface area contributed by atoms with E-state index in [1.54, 1.807) is 10.8 Å². The van der Waals surface area contributed by atoms with Crippen LogP contribution in [0.4, 0.5) is 11.6 Å². The summed E-state index contributed by atoms with van der Waals surface area (Å²) < 4.78 is 9.62. The number of nitrogens with one attached hydrogen (secondary N) is 1. The Hall–Kier alpha value is -4.76. The molecule has 6 aromatic rings. The van der Waals surface area contributed by atoms with E-state index in [1.807, 2.05) is 85.0 Å². The maximum absolute atomic E-state index is 14.0. The summed E-state index contributed by atoms with van der Waals surface area (Å²) in [5, 5.41) is 3.70. The van der Waals surface area contributed by atoms with Gasteiger partial charge in [-0.05, 0) is 87.3 Å². The number of hydrogen-bond donors (Lipinski definition) is 1. The summed E-state index contributed by atoms with van der Waals surface area (Å²) in [5.74, 6) is 1.74. The molecule has 0 bridgehead atoms. The van der Waals surface area contributed by atoms with Crippen molar-refractivity contribution in [3.05, 3.63) is 94.4 Å². The van der Waals surface area contributed by atoms with E-state index in [1.165, 1.54) is 32.4 Å². The summed E-state index contributed by atoms with van der Waals surface area (Å²) in [6, 6.07) is 21.7. The largest absolute Gasteiger partial charge is 0.492 e. The van der Waals surface area contributed by atoms with Gasteiger partial charge in [-0.1, -0.05) is 36.8 Å². The van der Waals surface area contributed by atoms with Gasteiger partial charge in [-0.3, -0.25) is 14.1 Å². The Kier molecular flexibility index (Phi) is 6.79. The van der Waals surface area contributed by atoms with Crippen LogP contribution in [0, 0.1) is 13.8 Å². The number of aromatic nitrogens is 5. The van der Waals surface area contributed by atoms with Crippen LogP contribution in [-0.2, 0) is 0 Å². The Morgan fingerprint density at radius 2 is 1.64 bits per heavy atom. The average molecular weight is 560 g/mol. The zero-order valence-corrected chi connectivity index (χ0v) is 23.9. The Morgan fingerprint density at radius 1 is 0.881 bits per heavy atom. The minimum absolute atomic E-state index is 0.206. The molecule has 0 saturated carbocycles. The SMILES string of the molecule is Cc1cccc(C)c1-n1c(=O)c2cnc(Nc3ccc(OCCN4CCCCC4)cc3)nc2n2c3ccccc3nc12. The first-order chi connectivity index (χ1) is 20.6. The van der Waals surface area contributed by atoms with Gasteiger partial charge >= 0.3 is 0 Å². The fraction of sp³-hybridized carbons (Fsp3) is 0.273. The molecule has 0 spiro atoms. The second kappa shape index (κ2) is 10.9. The monoisotopic (exact) mass is 559 g/mol. The maximum atomic E-state index is 14.0. The molecular formula is C33H33N7O2. The summed E-state index contributed by atoms with van der Waals surface area (Å²) in [4.78, 5) is 30.7. The van der Waals surface area contributed by atoms with Gasteiger partial charge in [0.15, 0.2) is 5.65 Å². The molecule has 1 saturated heterocycles. The highest BCUT2D eigenvalue weighted by Crippen LogP contribution is 2.26. The fourth-order valence-electron chi connectivity index (χ4n) is 5.94. The van der Waals surface area contributed by atoms with Crippen molar-refractivity contribution >= 4 is 39.5 Å². The van der Waals surface area contributed by atoms with Gasteiger partial charge in [-0.15, -0.1) is 0 Å². The number of fused-ring (bicyclic) bond motifs is 5. The van der Waals surface area contributed by atoms with Gasteiger partial charge in [-0.2, -0.15) is 4.98 Å². The number of hydrogen-bond acceptors (Lipinski definition) is 7. The lowest BCUT2D eigenvalue weighted by molar-refractivity contribution is 0.183. The maximum Gasteiger partial charge on any atom is 0.270 e. The highest BCUT2D eigenvalue weighted by atomic mass is 16.5. The molecule has 0 aliphatic carbocycles. The lowest BCUT2D eigenvalue weighted by Crippen LogP contribution is -2.33. The van der Waals surface area contributed by atoms with Crippen LogP contribution in [0.15, 0.2) is 77.7 Å². The first kappa shape index (κ1) is 26.2. The van der Waals surface area contributed by atoms with Crippen molar-refractivity contribution in [2.24, 2.45) is 0 Å². The van der Waals surface area contributed by atoms with Crippen LogP contribution in [0.25, 0.3) is 33.5 Å². The van der Waals surface area contributed by atoms with E-state index in [9.17, 15) is 4.79 Å². The van der Waals surface area contributed by atoms with Crippen LogP contribution in [-0.4, -0.2) is 55.1 Å². The smallest absolute Gasteiger partial charge is 0.270 e. The van der Waals surface area contributed by atoms with E-state index in [2.05, 4.69) is 15.2 Å². The molecule has 7 rings (SSSR count). The van der Waals surface area contributed by atoms with Gasteiger partial charge in [0.2, 0.25) is 11.7 Å². The van der Waals surface area contributed by atoms with Gasteiger partial charge in [-0.25, -0.2) is 14.5 Å². The molecule has 9 nitrogen and oxygen atoms in total. The molecule has 3 aromatic heterocycles. The quantitative estimate of drug-likeness (QED) is 0.264. The van der Waals surface area contributed by atoms with Crippen LogP contribution in [0.5, 0.6) is 5.75 Å². The first-order valence-corrected chi connectivity index (χ1v) is 14.5. The number of rotatable bonds is 7. The van der Waals surface area contributed by atoms with E-state index in [0.29, 0.717) is 29.4 Å². The number of likely N-dealkylation sites (tertiary alicyclic amines) is 1. The molecule has 1 N–H and O–H groups in total. The third-order valence-corrected chi connectivity index (χ3v) is 8.06. The van der Waals surface area contributed by atoms with E-state index in [0.717, 1.165) is 45.8 Å². The third-order valence-electron chi connectivity index (χ3n) is 8.06. The highest BCUT2D eigenvalue weighted by Gasteiger charge is 2.20. The molecule has 0 atom stereocenters. The number of nitrogens with zero attached hydrogens (tertiary/aromatic N) is 6. The van der Waals surface area contributed by atoms with Gasteiger partial charge in [0.1, 0.15) is 17.7 Å². The summed E-state index contributed by atoms with van der Waals surface area (Å²) in [5.41, 5.74) is 5.58. The standard InChI is InChI=1S/C33H33N7O2/c1-22-9-8-10-23(2)29(22)40-31(41)26-21-34-32(37-30(26)39-28-12-5-4-11-27(28)36-33(39)40)35-24-13-15-25(16-14-24)42-20-19-38-17-6-3-7-18-38/h4-5,8-16,21H,3,6-7,17-20H2,1-2H3,(H,34,35,37). The van der Waals surface area contributed by atoms with Gasteiger partial charge in [0.05, 0.1) is 16.7 Å². The van der Waals surface area contributed by atoms with E-state index in [-0.39, 0.29) is 5.56 Å². The lowest BCUT2D eigenvalue weighted by atomic mass is 10.1. The second-order valence-corrected chi connectivity index (χ2v) is 10.9. The number of benzene rings is 3. The first-order valence-electron chi connectivity index (χ1n) is 14.5. The number of piperidine rings is 1.